The predicted octanol–water partition coefficient (Wildman–Crippen LogP) is 1.10. The summed E-state index contributed by atoms with van der Waals surface area (Å²) >= 11 is 3.22. The molecule has 1 N–H and O–H groups in total. The van der Waals surface area contributed by atoms with Gasteiger partial charge in [0, 0.05) is 5.33 Å². The van der Waals surface area contributed by atoms with E-state index < -0.39 is 5.97 Å². The second kappa shape index (κ2) is 2.05. The highest BCUT2D eigenvalue weighted by atomic mass is 79.9. The van der Waals surface area contributed by atoms with Crippen LogP contribution in [0.2, 0.25) is 0 Å². The number of carboxylic acid groups (broad SMARTS) is 1. The Balaban J connectivity index is 2.26. The number of hydrogen-bond donors (Lipinski definition) is 1. The molecule has 2 atom stereocenters. The lowest BCUT2D eigenvalue weighted by molar-refractivity contribution is -0.138. The first-order chi connectivity index (χ1) is 3.75. The van der Waals surface area contributed by atoms with Gasteiger partial charge in [-0.05, 0) is 12.3 Å². The van der Waals surface area contributed by atoms with Gasteiger partial charge in [-0.2, -0.15) is 0 Å². The smallest absolute Gasteiger partial charge is 0.306 e. The summed E-state index contributed by atoms with van der Waals surface area (Å²) < 4.78 is 0. The maximum Gasteiger partial charge on any atom is 0.306 e. The first kappa shape index (κ1) is 6.08. The first-order valence-electron chi connectivity index (χ1n) is 2.54. The van der Waals surface area contributed by atoms with Crippen molar-refractivity contribution < 1.29 is 9.90 Å². The SMILES string of the molecule is O=C(O)[C@H]1C[C@@H]1CBr. The highest BCUT2D eigenvalue weighted by Crippen LogP contribution is 2.39. The molecule has 0 aliphatic heterocycles. The van der Waals surface area contributed by atoms with E-state index in [-0.39, 0.29) is 5.92 Å². The molecule has 1 rings (SSSR count). The molecule has 2 nitrogen and oxygen atoms in total. The zero-order chi connectivity index (χ0) is 6.15. The normalized spacial score (nSPS) is 34.6. The monoisotopic (exact) mass is 178 g/mol. The van der Waals surface area contributed by atoms with Crippen LogP contribution in [0.1, 0.15) is 6.42 Å². The Morgan fingerprint density at radius 2 is 2.50 bits per heavy atom. The number of carboxylic acids is 1. The number of aliphatic carboxylic acids is 1. The molecule has 0 radical (unpaired) electrons. The number of alkyl halides is 1. The lowest BCUT2D eigenvalue weighted by Crippen LogP contribution is -1.99. The topological polar surface area (TPSA) is 37.3 Å². The molecule has 0 amide bonds. The predicted molar refractivity (Wildman–Crippen MR) is 33.0 cm³/mol. The Kier molecular flexibility index (Phi) is 1.56. The summed E-state index contributed by atoms with van der Waals surface area (Å²) in [6.45, 7) is 0. The van der Waals surface area contributed by atoms with Crippen LogP contribution >= 0.6 is 15.9 Å². The summed E-state index contributed by atoms with van der Waals surface area (Å²) in [7, 11) is 0. The fourth-order valence-corrected chi connectivity index (χ4v) is 1.44. The van der Waals surface area contributed by atoms with Crippen LogP contribution in [0.25, 0.3) is 0 Å². The fraction of sp³-hybridized carbons (Fsp3) is 0.800. The van der Waals surface area contributed by atoms with E-state index in [1.165, 1.54) is 0 Å². The number of carbonyl (C=O) groups is 1. The average molecular weight is 179 g/mol. The quantitative estimate of drug-likeness (QED) is 0.644. The van der Waals surface area contributed by atoms with Crippen molar-refractivity contribution in [1.29, 1.82) is 0 Å². The van der Waals surface area contributed by atoms with Crippen LogP contribution < -0.4 is 0 Å². The van der Waals surface area contributed by atoms with E-state index in [0.29, 0.717) is 5.92 Å². The highest BCUT2D eigenvalue weighted by molar-refractivity contribution is 9.09. The van der Waals surface area contributed by atoms with E-state index in [1.807, 2.05) is 0 Å². The minimum atomic E-state index is -0.644. The van der Waals surface area contributed by atoms with Crippen LogP contribution in [0.15, 0.2) is 0 Å². The molecule has 0 aromatic carbocycles. The van der Waals surface area contributed by atoms with Crippen molar-refractivity contribution in [3.8, 4) is 0 Å². The molecule has 0 heterocycles. The Bertz CT molecular complexity index is 113. The zero-order valence-electron chi connectivity index (χ0n) is 4.30. The molecule has 3 heteroatoms. The van der Waals surface area contributed by atoms with Crippen molar-refractivity contribution in [2.24, 2.45) is 11.8 Å². The van der Waals surface area contributed by atoms with E-state index in [9.17, 15) is 4.79 Å². The molecule has 0 spiro atoms. The fourth-order valence-electron chi connectivity index (χ4n) is 0.721. The van der Waals surface area contributed by atoms with Gasteiger partial charge in [-0.25, -0.2) is 0 Å². The highest BCUT2D eigenvalue weighted by Gasteiger charge is 2.41. The summed E-state index contributed by atoms with van der Waals surface area (Å²) in [6, 6.07) is 0. The summed E-state index contributed by atoms with van der Waals surface area (Å²) in [4.78, 5) is 10.1. The molecule has 0 aromatic rings. The van der Waals surface area contributed by atoms with Gasteiger partial charge < -0.3 is 5.11 Å². The number of rotatable bonds is 2. The molecular weight excluding hydrogens is 172 g/mol. The third-order valence-electron chi connectivity index (χ3n) is 1.44. The van der Waals surface area contributed by atoms with Gasteiger partial charge in [0.2, 0.25) is 0 Å². The Labute approximate surface area is 56.0 Å². The largest absolute Gasteiger partial charge is 0.481 e. The van der Waals surface area contributed by atoms with Crippen LogP contribution in [-0.2, 0) is 4.79 Å². The lowest BCUT2D eigenvalue weighted by atomic mass is 10.3. The second-order valence-electron chi connectivity index (χ2n) is 2.09. The van der Waals surface area contributed by atoms with E-state index in [4.69, 9.17) is 5.11 Å². The molecule has 1 fully saturated rings. The molecule has 0 unspecified atom stereocenters. The number of halogens is 1. The maximum absolute atomic E-state index is 10.1. The van der Waals surface area contributed by atoms with Crippen LogP contribution in [0.5, 0.6) is 0 Å². The summed E-state index contributed by atoms with van der Waals surface area (Å²) in [5, 5.41) is 9.17. The zero-order valence-corrected chi connectivity index (χ0v) is 5.89. The van der Waals surface area contributed by atoms with Gasteiger partial charge >= 0.3 is 5.97 Å². The molecule has 1 aliphatic carbocycles. The summed E-state index contributed by atoms with van der Waals surface area (Å²) in [5.74, 6) is -0.281. The number of hydrogen-bond acceptors (Lipinski definition) is 1. The molecule has 0 bridgehead atoms. The van der Waals surface area contributed by atoms with Gasteiger partial charge in [-0.3, -0.25) is 4.79 Å². The Hall–Kier alpha value is -0.0500. The Morgan fingerprint density at radius 1 is 1.88 bits per heavy atom. The van der Waals surface area contributed by atoms with Gasteiger partial charge in [-0.15, -0.1) is 0 Å². The lowest BCUT2D eigenvalue weighted by Gasteiger charge is -1.83. The van der Waals surface area contributed by atoms with Crippen LogP contribution in [0.4, 0.5) is 0 Å². The first-order valence-corrected chi connectivity index (χ1v) is 3.66. The van der Waals surface area contributed by atoms with Gasteiger partial charge in [0.15, 0.2) is 0 Å². The van der Waals surface area contributed by atoms with Gasteiger partial charge in [-0.1, -0.05) is 15.9 Å². The molecule has 1 aliphatic rings. The summed E-state index contributed by atoms with van der Waals surface area (Å²) in [6.07, 6.45) is 0.862. The molecule has 0 aromatic heterocycles. The van der Waals surface area contributed by atoms with E-state index in [2.05, 4.69) is 15.9 Å². The van der Waals surface area contributed by atoms with Crippen molar-refractivity contribution in [3.63, 3.8) is 0 Å². The van der Waals surface area contributed by atoms with Crippen molar-refractivity contribution in [1.82, 2.24) is 0 Å². The molecule has 8 heavy (non-hydrogen) atoms. The standard InChI is InChI=1S/C5H7BrO2/c6-2-3-1-4(3)5(7)8/h3-4H,1-2H2,(H,7,8)/t3-,4+/m1/s1. The van der Waals surface area contributed by atoms with Crippen LogP contribution in [0.3, 0.4) is 0 Å². The van der Waals surface area contributed by atoms with Crippen molar-refractivity contribution in [2.45, 2.75) is 6.42 Å². The molecule has 1 saturated carbocycles. The van der Waals surface area contributed by atoms with E-state index in [1.54, 1.807) is 0 Å². The van der Waals surface area contributed by atoms with E-state index in [0.717, 1.165) is 11.8 Å². The maximum atomic E-state index is 10.1. The molecule has 0 saturated heterocycles. The molecule has 46 valence electrons. The third-order valence-corrected chi connectivity index (χ3v) is 2.27. The second-order valence-corrected chi connectivity index (χ2v) is 2.74. The van der Waals surface area contributed by atoms with Crippen LogP contribution in [-0.4, -0.2) is 16.4 Å². The Morgan fingerprint density at radius 3 is 2.62 bits per heavy atom. The average Bonchev–Trinajstić information content (AvgIpc) is 2.42. The van der Waals surface area contributed by atoms with Crippen molar-refractivity contribution in [3.05, 3.63) is 0 Å². The van der Waals surface area contributed by atoms with Gasteiger partial charge in [0.05, 0.1) is 5.92 Å². The molecular formula is C5H7BrO2. The summed E-state index contributed by atoms with van der Waals surface area (Å²) in [5.41, 5.74) is 0. The van der Waals surface area contributed by atoms with E-state index >= 15 is 0 Å². The van der Waals surface area contributed by atoms with Crippen molar-refractivity contribution >= 4 is 21.9 Å². The third kappa shape index (κ3) is 1.02. The van der Waals surface area contributed by atoms with Gasteiger partial charge in [0.1, 0.15) is 0 Å². The van der Waals surface area contributed by atoms with Crippen LogP contribution in [0, 0.1) is 11.8 Å². The minimum Gasteiger partial charge on any atom is -0.481 e. The minimum absolute atomic E-state index is 0.0469. The van der Waals surface area contributed by atoms with Gasteiger partial charge in [0.25, 0.3) is 0 Å². The van der Waals surface area contributed by atoms with Crippen molar-refractivity contribution in [2.75, 3.05) is 5.33 Å².